The van der Waals surface area contributed by atoms with Gasteiger partial charge in [-0.2, -0.15) is 5.10 Å². The topological polar surface area (TPSA) is 72.7 Å². The molecule has 2 aromatic heterocycles. The summed E-state index contributed by atoms with van der Waals surface area (Å²) in [5.74, 6) is 1.65. The second kappa shape index (κ2) is 10.5. The number of hydrogen-bond acceptors (Lipinski definition) is 8. The third-order valence-corrected chi connectivity index (χ3v) is 8.81. The van der Waals surface area contributed by atoms with Crippen molar-refractivity contribution in [1.82, 2.24) is 19.7 Å². The average molecular weight is 567 g/mol. The number of aromatic nitrogens is 4. The van der Waals surface area contributed by atoms with Gasteiger partial charge in [-0.3, -0.25) is 4.79 Å². The van der Waals surface area contributed by atoms with Crippen molar-refractivity contribution in [3.63, 3.8) is 0 Å². The first kappa shape index (κ1) is 24.6. The molecule has 180 valence electrons. The predicted molar refractivity (Wildman–Crippen MR) is 142 cm³/mol. The Balaban J connectivity index is 1.32. The first-order valence-electron chi connectivity index (χ1n) is 10.7. The van der Waals surface area contributed by atoms with E-state index in [0.29, 0.717) is 20.7 Å². The summed E-state index contributed by atoms with van der Waals surface area (Å²) in [6.45, 7) is 0.113. The number of ketones is 1. The number of Topliss-reactive ketones (excluding diaryl/α,β-unsaturated/α-hetero) is 1. The van der Waals surface area contributed by atoms with Crippen LogP contribution < -0.4 is 5.32 Å². The minimum atomic E-state index is -0.563. The molecule has 0 spiro atoms. The van der Waals surface area contributed by atoms with E-state index in [0.717, 1.165) is 27.6 Å². The largest absolute Gasteiger partial charge is 0.337 e. The summed E-state index contributed by atoms with van der Waals surface area (Å²) in [6, 6.07) is 8.00. The SMILES string of the molecule is O=C(Cc1ccc2ncnc(Nc3cc(Cl)c(Cl)cc3F)c2c1)Cn1nc(SCC2CC2)sc1=S. The summed E-state index contributed by atoms with van der Waals surface area (Å²) in [5, 5.41) is 8.45. The Bertz CT molecular complexity index is 1490. The normalized spacial score (nSPS) is 13.3. The zero-order valence-corrected chi connectivity index (χ0v) is 22.1. The molecule has 1 aliphatic carbocycles. The molecular weight excluding hydrogens is 548 g/mol. The number of carbonyl (C=O) groups excluding carboxylic acids is 1. The highest BCUT2D eigenvalue weighted by molar-refractivity contribution is 8.01. The van der Waals surface area contributed by atoms with Gasteiger partial charge in [-0.25, -0.2) is 19.0 Å². The highest BCUT2D eigenvalue weighted by Gasteiger charge is 2.22. The van der Waals surface area contributed by atoms with Gasteiger partial charge < -0.3 is 5.32 Å². The molecule has 1 aliphatic rings. The molecule has 1 fully saturated rings. The molecule has 0 aliphatic heterocycles. The van der Waals surface area contributed by atoms with Crippen molar-refractivity contribution in [2.24, 2.45) is 5.92 Å². The van der Waals surface area contributed by atoms with E-state index in [9.17, 15) is 9.18 Å². The summed E-state index contributed by atoms with van der Waals surface area (Å²) in [4.78, 5) is 21.3. The number of hydrogen-bond donors (Lipinski definition) is 1. The molecule has 12 heteroatoms. The monoisotopic (exact) mass is 565 g/mol. The molecule has 0 saturated heterocycles. The van der Waals surface area contributed by atoms with Gasteiger partial charge in [0.2, 0.25) is 0 Å². The standard InChI is InChI=1S/C23H18Cl2FN5OS3/c24-16-7-18(26)20(8-17(16)25)29-21-15-6-13(3-4-19(15)27-11-28-21)5-14(32)9-31-23(33)35-22(30-31)34-10-12-1-2-12/h3-4,6-8,11-12H,1-2,5,9-10H2,(H,27,28,29). The Morgan fingerprint density at radius 2 is 2.03 bits per heavy atom. The molecule has 1 saturated carbocycles. The number of halogens is 3. The predicted octanol–water partition coefficient (Wildman–Crippen LogP) is 7.12. The van der Waals surface area contributed by atoms with Gasteiger partial charge in [0, 0.05) is 17.6 Å². The van der Waals surface area contributed by atoms with Crippen molar-refractivity contribution in [2.45, 2.75) is 30.1 Å². The molecule has 0 unspecified atom stereocenters. The molecule has 0 bridgehead atoms. The Kier molecular flexibility index (Phi) is 7.36. The van der Waals surface area contributed by atoms with E-state index in [1.54, 1.807) is 22.5 Å². The summed E-state index contributed by atoms with van der Waals surface area (Å²) in [6.07, 6.45) is 4.14. The summed E-state index contributed by atoms with van der Waals surface area (Å²) < 4.78 is 17.5. The van der Waals surface area contributed by atoms with Crippen LogP contribution in [0.4, 0.5) is 15.9 Å². The number of thioether (sulfide) groups is 1. The van der Waals surface area contributed by atoms with E-state index >= 15 is 0 Å². The highest BCUT2D eigenvalue weighted by Crippen LogP contribution is 2.36. The fourth-order valence-corrected chi connectivity index (χ4v) is 6.29. The number of carbonyl (C=O) groups is 1. The minimum absolute atomic E-state index is 0.0219. The van der Waals surface area contributed by atoms with E-state index in [1.807, 2.05) is 12.1 Å². The van der Waals surface area contributed by atoms with E-state index in [2.05, 4.69) is 20.4 Å². The molecule has 0 radical (unpaired) electrons. The number of nitrogens with one attached hydrogen (secondary N) is 1. The van der Waals surface area contributed by atoms with Crippen molar-refractivity contribution in [3.05, 3.63) is 62.0 Å². The second-order valence-corrected chi connectivity index (χ2v) is 11.9. The lowest BCUT2D eigenvalue weighted by molar-refractivity contribution is -0.119. The van der Waals surface area contributed by atoms with E-state index in [-0.39, 0.29) is 34.5 Å². The zero-order valence-electron chi connectivity index (χ0n) is 18.1. The quantitative estimate of drug-likeness (QED) is 0.131. The summed E-state index contributed by atoms with van der Waals surface area (Å²) in [7, 11) is 0. The summed E-state index contributed by atoms with van der Waals surface area (Å²) >= 11 is 20.5. The van der Waals surface area contributed by atoms with Gasteiger partial charge in [-0.1, -0.05) is 52.4 Å². The summed E-state index contributed by atoms with van der Waals surface area (Å²) in [5.41, 5.74) is 1.56. The van der Waals surface area contributed by atoms with Crippen LogP contribution in [-0.2, 0) is 17.8 Å². The van der Waals surface area contributed by atoms with Gasteiger partial charge in [-0.15, -0.1) is 0 Å². The van der Waals surface area contributed by atoms with Crippen LogP contribution in [0.1, 0.15) is 18.4 Å². The number of rotatable bonds is 9. The lowest BCUT2D eigenvalue weighted by Gasteiger charge is -2.11. The second-order valence-electron chi connectivity index (χ2n) is 8.21. The van der Waals surface area contributed by atoms with Crippen molar-refractivity contribution in [1.29, 1.82) is 0 Å². The van der Waals surface area contributed by atoms with E-state index in [4.69, 9.17) is 35.4 Å². The van der Waals surface area contributed by atoms with Gasteiger partial charge in [-0.05, 0) is 60.8 Å². The van der Waals surface area contributed by atoms with Crippen LogP contribution in [0.5, 0.6) is 0 Å². The van der Waals surface area contributed by atoms with Gasteiger partial charge in [0.15, 0.2) is 14.1 Å². The lowest BCUT2D eigenvalue weighted by Crippen LogP contribution is -2.14. The molecule has 2 aromatic carbocycles. The van der Waals surface area contributed by atoms with Crippen LogP contribution in [0.3, 0.4) is 0 Å². The highest BCUT2D eigenvalue weighted by atomic mass is 35.5. The minimum Gasteiger partial charge on any atom is -0.337 e. The maximum Gasteiger partial charge on any atom is 0.180 e. The van der Waals surface area contributed by atoms with Gasteiger partial charge in [0.25, 0.3) is 0 Å². The number of fused-ring (bicyclic) bond motifs is 1. The van der Waals surface area contributed by atoms with Crippen molar-refractivity contribution in [3.8, 4) is 0 Å². The molecule has 4 aromatic rings. The Morgan fingerprint density at radius 1 is 1.23 bits per heavy atom. The molecule has 2 heterocycles. The van der Waals surface area contributed by atoms with E-state index in [1.165, 1.54) is 36.6 Å². The van der Waals surface area contributed by atoms with Crippen LogP contribution in [0, 0.1) is 15.7 Å². The first-order valence-corrected chi connectivity index (χ1v) is 13.7. The van der Waals surface area contributed by atoms with Gasteiger partial charge in [0.1, 0.15) is 24.5 Å². The molecule has 0 atom stereocenters. The Hall–Kier alpha value is -2.11. The third-order valence-electron chi connectivity index (χ3n) is 5.42. The molecule has 1 N–H and O–H groups in total. The number of anilines is 2. The molecule has 35 heavy (non-hydrogen) atoms. The van der Waals surface area contributed by atoms with Crippen LogP contribution in [0.25, 0.3) is 10.9 Å². The van der Waals surface area contributed by atoms with Crippen molar-refractivity contribution < 1.29 is 9.18 Å². The van der Waals surface area contributed by atoms with Crippen molar-refractivity contribution >= 4 is 86.7 Å². The Labute approximate surface area is 223 Å². The van der Waals surface area contributed by atoms with Crippen LogP contribution in [-0.4, -0.2) is 31.3 Å². The lowest BCUT2D eigenvalue weighted by atomic mass is 10.1. The van der Waals surface area contributed by atoms with Crippen LogP contribution in [0.15, 0.2) is 41.0 Å². The number of benzene rings is 2. The maximum atomic E-state index is 14.4. The van der Waals surface area contributed by atoms with Crippen molar-refractivity contribution in [2.75, 3.05) is 11.1 Å². The fraction of sp³-hybridized carbons (Fsp3) is 0.261. The molecule has 5 rings (SSSR count). The van der Waals surface area contributed by atoms with Gasteiger partial charge >= 0.3 is 0 Å². The fourth-order valence-electron chi connectivity index (χ4n) is 3.43. The molecule has 0 amide bonds. The Morgan fingerprint density at radius 3 is 2.83 bits per heavy atom. The van der Waals surface area contributed by atoms with Gasteiger partial charge in [0.05, 0.1) is 21.2 Å². The number of nitrogens with zero attached hydrogens (tertiary/aromatic N) is 4. The zero-order chi connectivity index (χ0) is 24.5. The average Bonchev–Trinajstić information content (AvgIpc) is 3.59. The molecular formula is C23H18Cl2FN5OS3. The van der Waals surface area contributed by atoms with E-state index < -0.39 is 5.82 Å². The maximum absolute atomic E-state index is 14.4. The van der Waals surface area contributed by atoms with Crippen LogP contribution in [0.2, 0.25) is 10.0 Å². The smallest absolute Gasteiger partial charge is 0.180 e. The first-order chi connectivity index (χ1) is 16.9. The van der Waals surface area contributed by atoms with Crippen LogP contribution >= 0.6 is 58.5 Å². The third kappa shape index (κ3) is 6.00. The molecule has 6 nitrogen and oxygen atoms in total.